The van der Waals surface area contributed by atoms with Crippen LogP contribution in [0, 0.1) is 0 Å². The highest BCUT2D eigenvalue weighted by molar-refractivity contribution is 5.90. The minimum absolute atomic E-state index is 0.438. The molecule has 2 N–H and O–H groups in total. The summed E-state index contributed by atoms with van der Waals surface area (Å²) in [6.07, 6.45) is -0.438. The molecular weight excluding hydrogens is 252 g/mol. The second-order valence-corrected chi connectivity index (χ2v) is 6.31. The quantitative estimate of drug-likeness (QED) is 0.838. The second-order valence-electron chi connectivity index (χ2n) is 6.31. The molecule has 2 rings (SSSR count). The van der Waals surface area contributed by atoms with Crippen LogP contribution in [-0.2, 0) is 4.74 Å². The van der Waals surface area contributed by atoms with Crippen molar-refractivity contribution in [3.05, 3.63) is 30.0 Å². The minimum Gasteiger partial charge on any atom is -0.444 e. The number of rotatable bonds is 2. The van der Waals surface area contributed by atoms with Crippen molar-refractivity contribution in [1.29, 1.82) is 0 Å². The number of fused-ring (bicyclic) bond motifs is 1. The smallest absolute Gasteiger partial charge is 0.412 e. The minimum atomic E-state index is -0.495. The van der Waals surface area contributed by atoms with Crippen LogP contribution < -0.4 is 5.32 Å². The van der Waals surface area contributed by atoms with Crippen molar-refractivity contribution in [3.63, 3.8) is 0 Å². The number of carbonyl (C=O) groups is 1. The number of aromatic nitrogens is 1. The average molecular weight is 274 g/mol. The molecule has 1 amide bonds. The molecule has 4 heteroatoms. The molecule has 108 valence electrons. The number of hydrogen-bond donors (Lipinski definition) is 2. The Labute approximate surface area is 119 Å². The maximum atomic E-state index is 11.7. The molecule has 0 aliphatic rings. The third-order valence-corrected chi connectivity index (χ3v) is 2.91. The van der Waals surface area contributed by atoms with E-state index in [0.29, 0.717) is 5.92 Å². The highest BCUT2D eigenvalue weighted by Crippen LogP contribution is 2.24. The summed E-state index contributed by atoms with van der Waals surface area (Å²) in [5.74, 6) is 0.449. The molecule has 0 aliphatic heterocycles. The summed E-state index contributed by atoms with van der Waals surface area (Å²) in [6, 6.07) is 7.93. The van der Waals surface area contributed by atoms with Crippen LogP contribution in [0.4, 0.5) is 10.5 Å². The van der Waals surface area contributed by atoms with E-state index in [4.69, 9.17) is 4.74 Å². The summed E-state index contributed by atoms with van der Waals surface area (Å²) < 4.78 is 5.24. The first kappa shape index (κ1) is 14.4. The van der Waals surface area contributed by atoms with Crippen molar-refractivity contribution in [2.75, 3.05) is 5.32 Å². The number of hydrogen-bond acceptors (Lipinski definition) is 2. The van der Waals surface area contributed by atoms with Gasteiger partial charge in [-0.3, -0.25) is 5.32 Å². The molecular formula is C16H22N2O2. The predicted octanol–water partition coefficient (Wildman–Crippen LogP) is 4.64. The van der Waals surface area contributed by atoms with Crippen LogP contribution in [0.1, 0.15) is 46.2 Å². The fourth-order valence-electron chi connectivity index (χ4n) is 1.96. The molecule has 20 heavy (non-hydrogen) atoms. The van der Waals surface area contributed by atoms with E-state index in [9.17, 15) is 4.79 Å². The van der Waals surface area contributed by atoms with Crippen molar-refractivity contribution >= 4 is 22.7 Å². The fourth-order valence-corrected chi connectivity index (χ4v) is 1.96. The van der Waals surface area contributed by atoms with Gasteiger partial charge in [0.1, 0.15) is 5.60 Å². The summed E-state index contributed by atoms with van der Waals surface area (Å²) >= 11 is 0. The number of aromatic amines is 1. The SMILES string of the molecule is CC(C)c1cc2ccc(NC(=O)OC(C)(C)C)cc2[nH]1. The molecule has 0 atom stereocenters. The molecule has 0 saturated carbocycles. The Morgan fingerprint density at radius 3 is 2.55 bits per heavy atom. The second kappa shape index (κ2) is 5.19. The Kier molecular flexibility index (Phi) is 3.75. The van der Waals surface area contributed by atoms with E-state index in [1.807, 2.05) is 39.0 Å². The number of ether oxygens (including phenoxy) is 1. The Morgan fingerprint density at radius 1 is 1.25 bits per heavy atom. The fraction of sp³-hybridized carbons (Fsp3) is 0.438. The summed E-state index contributed by atoms with van der Waals surface area (Å²) in [6.45, 7) is 9.82. The van der Waals surface area contributed by atoms with Gasteiger partial charge in [0.25, 0.3) is 0 Å². The average Bonchev–Trinajstić information content (AvgIpc) is 2.69. The Morgan fingerprint density at radius 2 is 1.95 bits per heavy atom. The van der Waals surface area contributed by atoms with Gasteiger partial charge in [-0.15, -0.1) is 0 Å². The van der Waals surface area contributed by atoms with Crippen molar-refractivity contribution < 1.29 is 9.53 Å². The Balaban J connectivity index is 2.17. The van der Waals surface area contributed by atoms with Crippen LogP contribution in [0.3, 0.4) is 0 Å². The number of carbonyl (C=O) groups excluding carboxylic acids is 1. The van der Waals surface area contributed by atoms with Gasteiger partial charge in [0, 0.05) is 16.9 Å². The first-order valence-corrected chi connectivity index (χ1v) is 6.87. The van der Waals surface area contributed by atoms with Crippen LogP contribution in [-0.4, -0.2) is 16.7 Å². The normalized spacial score (nSPS) is 11.9. The van der Waals surface area contributed by atoms with Crippen LogP contribution in [0.15, 0.2) is 24.3 Å². The molecule has 0 radical (unpaired) electrons. The van der Waals surface area contributed by atoms with Gasteiger partial charge in [-0.2, -0.15) is 0 Å². The van der Waals surface area contributed by atoms with Crippen LogP contribution in [0.25, 0.3) is 10.9 Å². The van der Waals surface area contributed by atoms with Gasteiger partial charge < -0.3 is 9.72 Å². The van der Waals surface area contributed by atoms with Gasteiger partial charge in [0.05, 0.1) is 0 Å². The van der Waals surface area contributed by atoms with E-state index in [-0.39, 0.29) is 0 Å². The molecule has 0 fully saturated rings. The molecule has 2 aromatic rings. The summed E-state index contributed by atoms with van der Waals surface area (Å²) in [4.78, 5) is 15.1. The third kappa shape index (κ3) is 3.53. The van der Waals surface area contributed by atoms with Gasteiger partial charge in [-0.1, -0.05) is 19.9 Å². The lowest BCUT2D eigenvalue weighted by Crippen LogP contribution is -2.27. The highest BCUT2D eigenvalue weighted by Gasteiger charge is 2.16. The van der Waals surface area contributed by atoms with Crippen LogP contribution in [0.5, 0.6) is 0 Å². The molecule has 0 saturated heterocycles. The van der Waals surface area contributed by atoms with E-state index >= 15 is 0 Å². The van der Waals surface area contributed by atoms with Gasteiger partial charge in [-0.25, -0.2) is 4.79 Å². The van der Waals surface area contributed by atoms with Crippen molar-refractivity contribution in [1.82, 2.24) is 4.98 Å². The number of nitrogens with one attached hydrogen (secondary N) is 2. The third-order valence-electron chi connectivity index (χ3n) is 2.91. The zero-order chi connectivity index (χ0) is 14.9. The maximum absolute atomic E-state index is 11.7. The Hall–Kier alpha value is -1.97. The first-order chi connectivity index (χ1) is 9.24. The van der Waals surface area contributed by atoms with Crippen LogP contribution in [0.2, 0.25) is 0 Å². The molecule has 1 heterocycles. The largest absolute Gasteiger partial charge is 0.444 e. The lowest BCUT2D eigenvalue weighted by atomic mass is 10.1. The van der Waals surface area contributed by atoms with E-state index in [2.05, 4.69) is 30.2 Å². The lowest BCUT2D eigenvalue weighted by molar-refractivity contribution is 0.0636. The Bertz CT molecular complexity index is 621. The monoisotopic (exact) mass is 274 g/mol. The topological polar surface area (TPSA) is 54.1 Å². The lowest BCUT2D eigenvalue weighted by Gasteiger charge is -2.19. The maximum Gasteiger partial charge on any atom is 0.412 e. The van der Waals surface area contributed by atoms with Crippen molar-refractivity contribution in [2.24, 2.45) is 0 Å². The van der Waals surface area contributed by atoms with Gasteiger partial charge in [0.15, 0.2) is 0 Å². The van der Waals surface area contributed by atoms with Gasteiger partial charge >= 0.3 is 6.09 Å². The summed E-state index contributed by atoms with van der Waals surface area (Å²) in [5.41, 5.74) is 2.44. The zero-order valence-corrected chi connectivity index (χ0v) is 12.7. The molecule has 0 bridgehead atoms. The van der Waals surface area contributed by atoms with E-state index in [1.165, 1.54) is 5.69 Å². The van der Waals surface area contributed by atoms with Crippen molar-refractivity contribution in [2.45, 2.75) is 46.1 Å². The van der Waals surface area contributed by atoms with Gasteiger partial charge in [0.2, 0.25) is 0 Å². The summed E-state index contributed by atoms with van der Waals surface area (Å²) in [7, 11) is 0. The standard InChI is InChI=1S/C16H22N2O2/c1-10(2)13-8-11-6-7-12(9-14(11)18-13)17-15(19)20-16(3,4)5/h6-10,18H,1-5H3,(H,17,19). The molecule has 1 aromatic heterocycles. The number of benzene rings is 1. The van der Waals surface area contributed by atoms with E-state index in [1.54, 1.807) is 0 Å². The molecule has 0 unspecified atom stereocenters. The first-order valence-electron chi connectivity index (χ1n) is 6.87. The van der Waals surface area contributed by atoms with Crippen molar-refractivity contribution in [3.8, 4) is 0 Å². The summed E-state index contributed by atoms with van der Waals surface area (Å²) in [5, 5.41) is 3.89. The zero-order valence-electron chi connectivity index (χ0n) is 12.7. The molecule has 4 nitrogen and oxygen atoms in total. The van der Waals surface area contributed by atoms with E-state index < -0.39 is 11.7 Å². The highest BCUT2D eigenvalue weighted by atomic mass is 16.6. The molecule has 0 spiro atoms. The predicted molar refractivity (Wildman–Crippen MR) is 82.2 cm³/mol. The van der Waals surface area contributed by atoms with E-state index in [0.717, 1.165) is 16.6 Å². The molecule has 1 aromatic carbocycles. The van der Waals surface area contributed by atoms with Crippen LogP contribution >= 0.6 is 0 Å². The number of H-pyrrole nitrogens is 1. The molecule has 0 aliphatic carbocycles. The van der Waals surface area contributed by atoms with Gasteiger partial charge in [-0.05, 0) is 50.3 Å². The number of amides is 1. The number of anilines is 1.